The second kappa shape index (κ2) is 11.0. The van der Waals surface area contributed by atoms with E-state index in [2.05, 4.69) is 37.2 Å². The molecule has 4 rings (SSSR count). The van der Waals surface area contributed by atoms with Gasteiger partial charge in [0.1, 0.15) is 18.1 Å². The van der Waals surface area contributed by atoms with Crippen molar-refractivity contribution in [3.63, 3.8) is 0 Å². The van der Waals surface area contributed by atoms with Crippen molar-refractivity contribution in [3.05, 3.63) is 97.8 Å². The van der Waals surface area contributed by atoms with Crippen LogP contribution in [0, 0.1) is 5.82 Å². The lowest BCUT2D eigenvalue weighted by molar-refractivity contribution is -0.123. The van der Waals surface area contributed by atoms with Gasteiger partial charge in [0.05, 0.1) is 13.2 Å². The first-order chi connectivity index (χ1) is 16.9. The first-order valence-electron chi connectivity index (χ1n) is 10.8. The second-order valence-electron chi connectivity index (χ2n) is 7.64. The number of urea groups is 1. The summed E-state index contributed by atoms with van der Waals surface area (Å²) in [5.41, 5.74) is 1.94. The third-order valence-electron chi connectivity index (χ3n) is 5.22. The summed E-state index contributed by atoms with van der Waals surface area (Å²) in [4.78, 5) is 26.3. The molecule has 1 aliphatic rings. The molecule has 0 atom stereocenters. The number of imide groups is 1. The molecule has 3 aromatic rings. The van der Waals surface area contributed by atoms with Crippen molar-refractivity contribution in [2.24, 2.45) is 0 Å². The number of amides is 3. The summed E-state index contributed by atoms with van der Waals surface area (Å²) in [5, 5.41) is 2.57. The van der Waals surface area contributed by atoms with Crippen LogP contribution >= 0.6 is 31.9 Å². The Morgan fingerprint density at radius 1 is 1.00 bits per heavy atom. The van der Waals surface area contributed by atoms with Crippen molar-refractivity contribution < 1.29 is 23.5 Å². The lowest BCUT2D eigenvalue weighted by atomic mass is 10.1. The van der Waals surface area contributed by atoms with Crippen molar-refractivity contribution in [2.75, 3.05) is 6.61 Å². The number of carbonyl (C=O) groups is 2. The van der Waals surface area contributed by atoms with Crippen LogP contribution < -0.4 is 14.8 Å². The highest BCUT2D eigenvalue weighted by molar-refractivity contribution is 9.10. The number of carbonyl (C=O) groups excluding carboxylic acids is 2. The van der Waals surface area contributed by atoms with E-state index < -0.39 is 17.8 Å². The minimum absolute atomic E-state index is 0.0815. The number of ether oxygens (including phenoxy) is 2. The molecule has 9 heteroatoms. The summed E-state index contributed by atoms with van der Waals surface area (Å²) in [6.07, 6.45) is 1.55. The average Bonchev–Trinajstić information content (AvgIpc) is 3.10. The summed E-state index contributed by atoms with van der Waals surface area (Å²) in [6, 6.07) is 16.7. The third kappa shape index (κ3) is 5.91. The molecule has 35 heavy (non-hydrogen) atoms. The summed E-state index contributed by atoms with van der Waals surface area (Å²) in [6.45, 7) is 2.46. The summed E-state index contributed by atoms with van der Waals surface area (Å²) >= 11 is 6.93. The van der Waals surface area contributed by atoms with Gasteiger partial charge in [0.25, 0.3) is 5.91 Å². The Kier molecular flexibility index (Phi) is 7.87. The fraction of sp³-hybridized carbons (Fsp3) is 0.154. The van der Waals surface area contributed by atoms with Crippen LogP contribution in [0.1, 0.15) is 23.6 Å². The minimum atomic E-state index is -0.611. The molecule has 3 aromatic carbocycles. The van der Waals surface area contributed by atoms with Gasteiger partial charge in [0.2, 0.25) is 0 Å². The topological polar surface area (TPSA) is 67.9 Å². The Bertz CT molecular complexity index is 1300. The molecule has 0 aliphatic carbocycles. The molecule has 0 aromatic heterocycles. The van der Waals surface area contributed by atoms with Crippen LogP contribution in [0.15, 0.2) is 75.3 Å². The highest BCUT2D eigenvalue weighted by Crippen LogP contribution is 2.36. The second-order valence-corrected chi connectivity index (χ2v) is 9.41. The smallest absolute Gasteiger partial charge is 0.329 e. The van der Waals surface area contributed by atoms with Gasteiger partial charge in [-0.25, -0.2) is 9.18 Å². The number of benzene rings is 3. The van der Waals surface area contributed by atoms with E-state index in [0.29, 0.717) is 34.7 Å². The highest BCUT2D eigenvalue weighted by atomic mass is 79.9. The third-order valence-corrected chi connectivity index (χ3v) is 6.43. The lowest BCUT2D eigenvalue weighted by Crippen LogP contribution is -2.30. The minimum Gasteiger partial charge on any atom is -0.490 e. The van der Waals surface area contributed by atoms with Crippen molar-refractivity contribution in [1.82, 2.24) is 10.2 Å². The SMILES string of the molecule is CCOc1cc(/C=C2/NC(=O)N(Cc3ccccc3F)C2=O)c(Br)cc1OCc1ccc(Br)cc1. The van der Waals surface area contributed by atoms with E-state index in [1.54, 1.807) is 30.3 Å². The Labute approximate surface area is 219 Å². The molecule has 1 N–H and O–H groups in total. The number of rotatable bonds is 8. The zero-order valence-corrected chi connectivity index (χ0v) is 21.9. The van der Waals surface area contributed by atoms with Crippen LogP contribution in [0.25, 0.3) is 6.08 Å². The lowest BCUT2D eigenvalue weighted by Gasteiger charge is -2.14. The number of nitrogens with one attached hydrogen (secondary N) is 1. The van der Waals surface area contributed by atoms with Crippen LogP contribution in [-0.4, -0.2) is 23.4 Å². The van der Waals surface area contributed by atoms with Crippen molar-refractivity contribution in [2.45, 2.75) is 20.1 Å². The van der Waals surface area contributed by atoms with Gasteiger partial charge in [-0.3, -0.25) is 9.69 Å². The fourth-order valence-corrected chi connectivity index (χ4v) is 4.15. The summed E-state index contributed by atoms with van der Waals surface area (Å²) in [7, 11) is 0. The van der Waals surface area contributed by atoms with Crippen molar-refractivity contribution in [3.8, 4) is 11.5 Å². The average molecular weight is 604 g/mol. The van der Waals surface area contributed by atoms with Crippen molar-refractivity contribution in [1.29, 1.82) is 0 Å². The number of hydrogen-bond acceptors (Lipinski definition) is 4. The number of halogens is 3. The normalized spacial score (nSPS) is 14.4. The zero-order chi connectivity index (χ0) is 24.9. The molecule has 3 amide bonds. The van der Waals surface area contributed by atoms with E-state index in [-0.39, 0.29) is 17.8 Å². The molecule has 1 fully saturated rings. The molecular weight excluding hydrogens is 583 g/mol. The molecule has 6 nitrogen and oxygen atoms in total. The number of nitrogens with zero attached hydrogens (tertiary/aromatic N) is 1. The van der Waals surface area contributed by atoms with Gasteiger partial charge >= 0.3 is 6.03 Å². The van der Waals surface area contributed by atoms with Gasteiger partial charge in [-0.2, -0.15) is 0 Å². The van der Waals surface area contributed by atoms with Crippen LogP contribution in [-0.2, 0) is 17.9 Å². The van der Waals surface area contributed by atoms with Crippen LogP contribution in [0.2, 0.25) is 0 Å². The first kappa shape index (κ1) is 24.9. The van der Waals surface area contributed by atoms with Gasteiger partial charge in [-0.1, -0.05) is 62.2 Å². The van der Waals surface area contributed by atoms with E-state index >= 15 is 0 Å². The first-order valence-corrected chi connectivity index (χ1v) is 12.4. The fourth-order valence-electron chi connectivity index (χ4n) is 3.45. The Hall–Kier alpha value is -3.17. The molecular formula is C26H21Br2FN2O4. The highest BCUT2D eigenvalue weighted by Gasteiger charge is 2.34. The van der Waals surface area contributed by atoms with Crippen LogP contribution in [0.3, 0.4) is 0 Å². The van der Waals surface area contributed by atoms with E-state index in [0.717, 1.165) is 14.9 Å². The van der Waals surface area contributed by atoms with Gasteiger partial charge in [-0.15, -0.1) is 0 Å². The maximum atomic E-state index is 14.0. The Balaban J connectivity index is 1.56. The zero-order valence-electron chi connectivity index (χ0n) is 18.7. The maximum Gasteiger partial charge on any atom is 0.329 e. The molecule has 0 bridgehead atoms. The largest absolute Gasteiger partial charge is 0.490 e. The van der Waals surface area contributed by atoms with Crippen LogP contribution in [0.4, 0.5) is 9.18 Å². The molecule has 1 saturated heterocycles. The predicted molar refractivity (Wildman–Crippen MR) is 137 cm³/mol. The molecule has 0 unspecified atom stereocenters. The summed E-state index contributed by atoms with van der Waals surface area (Å²) in [5.74, 6) is 0.0124. The Morgan fingerprint density at radius 2 is 1.71 bits per heavy atom. The van der Waals surface area contributed by atoms with Gasteiger partial charge in [-0.05, 0) is 54.5 Å². The Morgan fingerprint density at radius 3 is 2.43 bits per heavy atom. The molecule has 0 saturated carbocycles. The van der Waals surface area contributed by atoms with E-state index in [1.165, 1.54) is 12.1 Å². The van der Waals surface area contributed by atoms with Crippen molar-refractivity contribution >= 4 is 49.9 Å². The molecule has 0 spiro atoms. The van der Waals surface area contributed by atoms with Gasteiger partial charge in [0, 0.05) is 14.5 Å². The van der Waals surface area contributed by atoms with Gasteiger partial charge < -0.3 is 14.8 Å². The monoisotopic (exact) mass is 602 g/mol. The molecule has 1 heterocycles. The van der Waals surface area contributed by atoms with Crippen LogP contribution in [0.5, 0.6) is 11.5 Å². The van der Waals surface area contributed by atoms with Gasteiger partial charge in [0.15, 0.2) is 11.5 Å². The number of hydrogen-bond donors (Lipinski definition) is 1. The molecule has 180 valence electrons. The standard InChI is InChI=1S/C26H21Br2FN2O4/c1-2-34-23-12-18(20(28)13-24(23)35-15-16-7-9-19(27)10-8-16)11-22-25(32)31(26(33)30-22)14-17-5-3-4-6-21(17)29/h3-13H,2,14-15H2,1H3,(H,30,33)/b22-11+. The van der Waals surface area contributed by atoms with E-state index in [4.69, 9.17) is 9.47 Å². The molecule has 0 radical (unpaired) electrons. The van der Waals surface area contributed by atoms with E-state index in [9.17, 15) is 14.0 Å². The predicted octanol–water partition coefficient (Wildman–Crippen LogP) is 6.42. The summed E-state index contributed by atoms with van der Waals surface area (Å²) < 4.78 is 27.4. The maximum absolute atomic E-state index is 14.0. The quantitative estimate of drug-likeness (QED) is 0.238. The molecule has 1 aliphatic heterocycles. The van der Waals surface area contributed by atoms with E-state index in [1.807, 2.05) is 31.2 Å².